The van der Waals surface area contributed by atoms with Crippen molar-refractivity contribution in [1.29, 1.82) is 0 Å². The minimum absolute atomic E-state index is 0.239. The van der Waals surface area contributed by atoms with E-state index in [1.54, 1.807) is 18.2 Å². The van der Waals surface area contributed by atoms with Gasteiger partial charge in [0, 0.05) is 17.1 Å². The van der Waals surface area contributed by atoms with Gasteiger partial charge in [-0.1, -0.05) is 34.1 Å². The fourth-order valence-electron chi connectivity index (χ4n) is 1.93. The Labute approximate surface area is 126 Å². The quantitative estimate of drug-likeness (QED) is 0.859. The zero-order valence-corrected chi connectivity index (χ0v) is 12.5. The number of ether oxygens (including phenoxy) is 1. The van der Waals surface area contributed by atoms with Gasteiger partial charge in [-0.05, 0) is 42.7 Å². The Bertz CT molecular complexity index is 613. The molecule has 0 bridgehead atoms. The molecule has 0 spiro atoms. The SMILES string of the molecule is Fc1ccccc1Oc1ccc(CNC2CC2)c(Br)c1. The highest BCUT2D eigenvalue weighted by Crippen LogP contribution is 2.29. The molecule has 0 unspecified atom stereocenters. The molecule has 1 aliphatic carbocycles. The van der Waals surface area contributed by atoms with Gasteiger partial charge in [-0.15, -0.1) is 0 Å². The van der Waals surface area contributed by atoms with E-state index >= 15 is 0 Å². The van der Waals surface area contributed by atoms with Gasteiger partial charge in [0.1, 0.15) is 5.75 Å². The molecule has 1 aliphatic rings. The molecule has 4 heteroatoms. The molecule has 2 aromatic rings. The number of halogens is 2. The third-order valence-electron chi connectivity index (χ3n) is 3.25. The first-order valence-electron chi connectivity index (χ1n) is 6.66. The number of rotatable bonds is 5. The largest absolute Gasteiger partial charge is 0.454 e. The maximum absolute atomic E-state index is 13.5. The molecule has 2 nitrogen and oxygen atoms in total. The fraction of sp³-hybridized carbons (Fsp3) is 0.250. The molecule has 1 N–H and O–H groups in total. The Morgan fingerprint density at radius 3 is 2.70 bits per heavy atom. The first-order valence-corrected chi connectivity index (χ1v) is 7.46. The molecule has 1 fully saturated rings. The second-order valence-electron chi connectivity index (χ2n) is 4.94. The highest BCUT2D eigenvalue weighted by atomic mass is 79.9. The van der Waals surface area contributed by atoms with Crippen LogP contribution in [0.3, 0.4) is 0 Å². The van der Waals surface area contributed by atoms with Gasteiger partial charge in [-0.2, -0.15) is 0 Å². The van der Waals surface area contributed by atoms with Crippen LogP contribution in [0.2, 0.25) is 0 Å². The number of para-hydroxylation sites is 1. The summed E-state index contributed by atoms with van der Waals surface area (Å²) < 4.78 is 20.1. The third kappa shape index (κ3) is 3.38. The van der Waals surface area contributed by atoms with Gasteiger partial charge in [0.2, 0.25) is 0 Å². The molecule has 0 aromatic heterocycles. The summed E-state index contributed by atoms with van der Waals surface area (Å²) in [4.78, 5) is 0. The van der Waals surface area contributed by atoms with Gasteiger partial charge in [-0.3, -0.25) is 0 Å². The van der Waals surface area contributed by atoms with E-state index in [1.165, 1.54) is 24.5 Å². The van der Waals surface area contributed by atoms with Gasteiger partial charge in [0.25, 0.3) is 0 Å². The molecule has 1 saturated carbocycles. The van der Waals surface area contributed by atoms with E-state index in [0.717, 1.165) is 11.0 Å². The summed E-state index contributed by atoms with van der Waals surface area (Å²) in [7, 11) is 0. The predicted octanol–water partition coefficient (Wildman–Crippen LogP) is 4.63. The zero-order chi connectivity index (χ0) is 13.9. The minimum atomic E-state index is -0.358. The standard InChI is InChI=1S/C16H15BrFNO/c17-14-9-13(20-16-4-2-1-3-15(16)18)8-5-11(14)10-19-12-6-7-12/h1-5,8-9,12,19H,6-7,10H2. The highest BCUT2D eigenvalue weighted by Gasteiger charge is 2.20. The van der Waals surface area contributed by atoms with Crippen LogP contribution in [0.25, 0.3) is 0 Å². The minimum Gasteiger partial charge on any atom is -0.454 e. The van der Waals surface area contributed by atoms with Crippen LogP contribution in [-0.2, 0) is 6.54 Å². The predicted molar refractivity (Wildman–Crippen MR) is 80.5 cm³/mol. The third-order valence-corrected chi connectivity index (χ3v) is 3.99. The van der Waals surface area contributed by atoms with Crippen molar-refractivity contribution in [3.8, 4) is 11.5 Å². The van der Waals surface area contributed by atoms with Crippen molar-refractivity contribution in [2.24, 2.45) is 0 Å². The van der Waals surface area contributed by atoms with Crippen LogP contribution < -0.4 is 10.1 Å². The lowest BCUT2D eigenvalue weighted by atomic mass is 10.2. The maximum Gasteiger partial charge on any atom is 0.165 e. The summed E-state index contributed by atoms with van der Waals surface area (Å²) in [5, 5.41) is 3.46. The van der Waals surface area contributed by atoms with E-state index in [-0.39, 0.29) is 11.6 Å². The Morgan fingerprint density at radius 1 is 1.20 bits per heavy atom. The van der Waals surface area contributed by atoms with Crippen molar-refractivity contribution in [3.05, 3.63) is 58.3 Å². The Morgan fingerprint density at radius 2 is 2.00 bits per heavy atom. The summed E-state index contributed by atoms with van der Waals surface area (Å²) in [5.74, 6) is 0.503. The molecule has 0 heterocycles. The molecule has 0 atom stereocenters. The van der Waals surface area contributed by atoms with Crippen molar-refractivity contribution < 1.29 is 9.13 Å². The second-order valence-corrected chi connectivity index (χ2v) is 5.80. The molecule has 2 aromatic carbocycles. The first-order chi connectivity index (χ1) is 9.72. The van der Waals surface area contributed by atoms with Crippen LogP contribution in [-0.4, -0.2) is 6.04 Å². The van der Waals surface area contributed by atoms with Gasteiger partial charge in [0.05, 0.1) is 0 Å². The van der Waals surface area contributed by atoms with Crippen LogP contribution in [0.1, 0.15) is 18.4 Å². The van der Waals surface area contributed by atoms with E-state index in [0.29, 0.717) is 11.8 Å². The number of nitrogens with one attached hydrogen (secondary N) is 1. The molecular weight excluding hydrogens is 321 g/mol. The molecule has 0 amide bonds. The normalized spacial score (nSPS) is 14.3. The lowest BCUT2D eigenvalue weighted by molar-refractivity contribution is 0.442. The van der Waals surface area contributed by atoms with Crippen LogP contribution in [0.5, 0.6) is 11.5 Å². The second kappa shape index (κ2) is 5.94. The van der Waals surface area contributed by atoms with Crippen molar-refractivity contribution in [2.75, 3.05) is 0 Å². The van der Waals surface area contributed by atoms with Crippen LogP contribution in [0.4, 0.5) is 4.39 Å². The fourth-order valence-corrected chi connectivity index (χ4v) is 2.43. The van der Waals surface area contributed by atoms with Gasteiger partial charge >= 0.3 is 0 Å². The summed E-state index contributed by atoms with van der Waals surface area (Å²) in [6, 6.07) is 12.8. The molecular formula is C16H15BrFNO. The average Bonchev–Trinajstić information content (AvgIpc) is 3.25. The molecule has 0 radical (unpaired) electrons. The summed E-state index contributed by atoms with van der Waals surface area (Å²) >= 11 is 3.54. The Kier molecular flexibility index (Phi) is 4.03. The monoisotopic (exact) mass is 335 g/mol. The molecule has 20 heavy (non-hydrogen) atoms. The van der Waals surface area contributed by atoms with Gasteiger partial charge < -0.3 is 10.1 Å². The molecule has 0 saturated heterocycles. The average molecular weight is 336 g/mol. The van der Waals surface area contributed by atoms with E-state index in [1.807, 2.05) is 18.2 Å². The van der Waals surface area contributed by atoms with Crippen LogP contribution in [0.15, 0.2) is 46.9 Å². The van der Waals surface area contributed by atoms with Crippen molar-refractivity contribution in [1.82, 2.24) is 5.32 Å². The lowest BCUT2D eigenvalue weighted by Crippen LogP contribution is -2.15. The maximum atomic E-state index is 13.5. The lowest BCUT2D eigenvalue weighted by Gasteiger charge is -2.10. The summed E-state index contributed by atoms with van der Waals surface area (Å²) in [5.41, 5.74) is 1.18. The molecule has 104 valence electrons. The van der Waals surface area contributed by atoms with E-state index in [9.17, 15) is 4.39 Å². The number of hydrogen-bond acceptors (Lipinski definition) is 2. The number of benzene rings is 2. The topological polar surface area (TPSA) is 21.3 Å². The van der Waals surface area contributed by atoms with Gasteiger partial charge in [-0.25, -0.2) is 4.39 Å². The Balaban J connectivity index is 1.71. The van der Waals surface area contributed by atoms with Crippen molar-refractivity contribution >= 4 is 15.9 Å². The Hall–Kier alpha value is -1.39. The highest BCUT2D eigenvalue weighted by molar-refractivity contribution is 9.10. The molecule has 3 rings (SSSR count). The number of hydrogen-bond donors (Lipinski definition) is 1. The zero-order valence-electron chi connectivity index (χ0n) is 10.9. The summed E-state index contributed by atoms with van der Waals surface area (Å²) in [6.07, 6.45) is 2.54. The van der Waals surface area contributed by atoms with E-state index in [4.69, 9.17) is 4.74 Å². The van der Waals surface area contributed by atoms with Crippen molar-refractivity contribution in [2.45, 2.75) is 25.4 Å². The van der Waals surface area contributed by atoms with Crippen LogP contribution >= 0.6 is 15.9 Å². The van der Waals surface area contributed by atoms with Gasteiger partial charge in [0.15, 0.2) is 11.6 Å². The van der Waals surface area contributed by atoms with Crippen molar-refractivity contribution in [3.63, 3.8) is 0 Å². The summed E-state index contributed by atoms with van der Waals surface area (Å²) in [6.45, 7) is 0.839. The van der Waals surface area contributed by atoms with Crippen LogP contribution in [0, 0.1) is 5.82 Å². The van der Waals surface area contributed by atoms with E-state index in [2.05, 4.69) is 21.2 Å². The molecule has 0 aliphatic heterocycles. The van der Waals surface area contributed by atoms with E-state index < -0.39 is 0 Å². The smallest absolute Gasteiger partial charge is 0.165 e. The first kappa shape index (κ1) is 13.6.